The van der Waals surface area contributed by atoms with Crippen molar-refractivity contribution in [1.82, 2.24) is 0 Å². The van der Waals surface area contributed by atoms with E-state index in [1.807, 2.05) is 13.8 Å². The van der Waals surface area contributed by atoms with E-state index in [-0.39, 0.29) is 0 Å². The molecule has 4 rings (SSSR count). The quantitative estimate of drug-likeness (QED) is 0.568. The molecule has 0 aromatic heterocycles. The van der Waals surface area contributed by atoms with Gasteiger partial charge < -0.3 is 9.76 Å². The summed E-state index contributed by atoms with van der Waals surface area (Å²) >= 11 is 0. The Morgan fingerprint density at radius 1 is 0.885 bits per heavy atom. The number of fused-ring (bicyclic) bond motifs is 2. The number of rotatable bonds is 4. The summed E-state index contributed by atoms with van der Waals surface area (Å²) in [5.41, 5.74) is 4.96. The summed E-state index contributed by atoms with van der Waals surface area (Å²) in [6.45, 7) is 7.48. The van der Waals surface area contributed by atoms with Gasteiger partial charge in [-0.05, 0) is 72.6 Å². The van der Waals surface area contributed by atoms with E-state index in [0.717, 1.165) is 6.42 Å². The second-order valence-electron chi connectivity index (χ2n) is 8.31. The molecule has 3 aromatic rings. The van der Waals surface area contributed by atoms with Crippen molar-refractivity contribution >= 4 is 23.7 Å². The first-order valence-corrected chi connectivity index (χ1v) is 9.26. The van der Waals surface area contributed by atoms with Crippen molar-refractivity contribution in [1.29, 1.82) is 0 Å². The minimum atomic E-state index is -0.908. The summed E-state index contributed by atoms with van der Waals surface area (Å²) in [4.78, 5) is 0. The van der Waals surface area contributed by atoms with Crippen molar-refractivity contribution in [2.75, 3.05) is 0 Å². The van der Waals surface area contributed by atoms with E-state index in [4.69, 9.17) is 4.65 Å². The monoisotopic (exact) mass is 344 g/mol. The maximum Gasteiger partial charge on any atom is 0.310 e. The highest BCUT2D eigenvalue weighted by molar-refractivity contribution is 6.50. The smallest absolute Gasteiger partial charge is 0.310 e. The topological polar surface area (TPSA) is 29.5 Å². The summed E-state index contributed by atoms with van der Waals surface area (Å²) in [6.07, 6.45) is 0.951. The lowest BCUT2D eigenvalue weighted by Gasteiger charge is -2.38. The maximum atomic E-state index is 10.4. The third kappa shape index (κ3) is 2.76. The lowest BCUT2D eigenvalue weighted by atomic mass is 9.73. The summed E-state index contributed by atoms with van der Waals surface area (Å²) in [7, 11) is 0.485. The first kappa shape index (κ1) is 17.3. The van der Waals surface area contributed by atoms with Crippen LogP contribution in [0.15, 0.2) is 54.6 Å². The molecule has 132 valence electrons. The third-order valence-corrected chi connectivity index (χ3v) is 5.94. The predicted octanol–water partition coefficient (Wildman–Crippen LogP) is 3.95. The van der Waals surface area contributed by atoms with E-state index in [2.05, 4.69) is 54.6 Å². The Bertz CT molecular complexity index is 978. The second kappa shape index (κ2) is 5.97. The van der Waals surface area contributed by atoms with Gasteiger partial charge in [-0.15, -0.1) is 0 Å². The molecule has 0 amide bonds. The van der Waals surface area contributed by atoms with Gasteiger partial charge in [0.15, 0.2) is 0 Å². The van der Waals surface area contributed by atoms with Crippen molar-refractivity contribution in [3.8, 4) is 11.1 Å². The van der Waals surface area contributed by atoms with Gasteiger partial charge in [0.05, 0.1) is 11.2 Å². The first-order valence-electron chi connectivity index (χ1n) is 9.26. The van der Waals surface area contributed by atoms with Crippen LogP contribution < -0.4 is 5.46 Å². The minimum Gasteiger partial charge on any atom is -0.427 e. The summed E-state index contributed by atoms with van der Waals surface area (Å²) in [6, 6.07) is 19.6. The lowest BCUT2D eigenvalue weighted by molar-refractivity contribution is -0.0893. The molecule has 26 heavy (non-hydrogen) atoms. The predicted molar refractivity (Wildman–Crippen MR) is 110 cm³/mol. The fourth-order valence-corrected chi connectivity index (χ4v) is 3.68. The molecule has 2 nitrogen and oxygen atoms in total. The molecule has 0 saturated heterocycles. The van der Waals surface area contributed by atoms with E-state index >= 15 is 0 Å². The molecule has 0 heterocycles. The average Bonchev–Trinajstić information content (AvgIpc) is 2.59. The van der Waals surface area contributed by atoms with Gasteiger partial charge in [-0.3, -0.25) is 0 Å². The molecular weight excluding hydrogens is 319 g/mol. The van der Waals surface area contributed by atoms with Gasteiger partial charge in [-0.1, -0.05) is 54.6 Å². The van der Waals surface area contributed by atoms with Crippen LogP contribution in [0.3, 0.4) is 0 Å². The minimum absolute atomic E-state index is 0.485. The van der Waals surface area contributed by atoms with E-state index in [1.165, 1.54) is 38.5 Å². The molecular formula is C23H25BO2. The van der Waals surface area contributed by atoms with Crippen LogP contribution in [-0.4, -0.2) is 23.8 Å². The molecule has 0 spiro atoms. The van der Waals surface area contributed by atoms with Crippen LogP contribution in [0.25, 0.3) is 21.9 Å². The van der Waals surface area contributed by atoms with Gasteiger partial charge in [0.1, 0.15) is 0 Å². The zero-order chi connectivity index (χ0) is 18.5. The van der Waals surface area contributed by atoms with E-state index in [9.17, 15) is 5.11 Å². The van der Waals surface area contributed by atoms with Crippen LogP contribution in [0.4, 0.5) is 0 Å². The van der Waals surface area contributed by atoms with Crippen LogP contribution in [0, 0.1) is 0 Å². The zero-order valence-electron chi connectivity index (χ0n) is 16.0. The van der Waals surface area contributed by atoms with Gasteiger partial charge in [0.25, 0.3) is 0 Å². The van der Waals surface area contributed by atoms with Gasteiger partial charge in [0, 0.05) is 0 Å². The molecule has 0 bridgehead atoms. The number of benzene rings is 3. The molecule has 0 unspecified atom stereocenters. The molecule has 0 fully saturated rings. The molecule has 0 aliphatic heterocycles. The normalized spacial score (nSPS) is 13.6. The summed E-state index contributed by atoms with van der Waals surface area (Å²) < 4.78 is 6.18. The van der Waals surface area contributed by atoms with Crippen molar-refractivity contribution in [2.45, 2.75) is 45.3 Å². The van der Waals surface area contributed by atoms with Crippen LogP contribution >= 0.6 is 0 Å². The van der Waals surface area contributed by atoms with Crippen LogP contribution in [0.1, 0.15) is 38.8 Å². The fraction of sp³-hybridized carbons (Fsp3) is 0.304. The van der Waals surface area contributed by atoms with Gasteiger partial charge in [-0.2, -0.15) is 0 Å². The van der Waals surface area contributed by atoms with Gasteiger partial charge in [-0.25, -0.2) is 0 Å². The molecule has 0 saturated carbocycles. The second-order valence-corrected chi connectivity index (χ2v) is 8.31. The lowest BCUT2D eigenvalue weighted by Crippen LogP contribution is -2.49. The molecule has 1 N–H and O–H groups in total. The Balaban J connectivity index is 1.80. The van der Waals surface area contributed by atoms with Gasteiger partial charge in [0.2, 0.25) is 0 Å². The standard InChI is InChI=1S/C23H25BO2/c1-22(2,25)23(3,4)26-24-19-13-7-11-17-14-16-10-5-8-15-9-6-12-18(20(15)16)21(17)19/h5-13,24-25H,14H2,1-4H3. The first-order chi connectivity index (χ1) is 12.3. The van der Waals surface area contributed by atoms with E-state index in [0.29, 0.717) is 7.48 Å². The van der Waals surface area contributed by atoms with Crippen molar-refractivity contribution < 1.29 is 9.76 Å². The SMILES string of the molecule is CC(C)(O)C(C)(C)OBc1cccc2c1-c1cccc3cccc(c13)C2. The highest BCUT2D eigenvalue weighted by atomic mass is 16.5. The fourth-order valence-electron chi connectivity index (χ4n) is 3.68. The van der Waals surface area contributed by atoms with Crippen molar-refractivity contribution in [3.05, 3.63) is 65.7 Å². The molecule has 1 aliphatic rings. The zero-order valence-corrected chi connectivity index (χ0v) is 16.0. The molecule has 0 atom stereocenters. The number of hydrogen-bond donors (Lipinski definition) is 1. The number of aliphatic hydroxyl groups is 1. The molecule has 3 aromatic carbocycles. The Morgan fingerprint density at radius 2 is 1.54 bits per heavy atom. The maximum absolute atomic E-state index is 10.4. The number of hydrogen-bond acceptors (Lipinski definition) is 2. The van der Waals surface area contributed by atoms with E-state index in [1.54, 1.807) is 13.8 Å². The Hall–Kier alpha value is -2.10. The summed E-state index contributed by atoms with van der Waals surface area (Å²) in [5.74, 6) is 0. The van der Waals surface area contributed by atoms with Gasteiger partial charge >= 0.3 is 7.48 Å². The Kier molecular flexibility index (Phi) is 3.98. The van der Waals surface area contributed by atoms with E-state index < -0.39 is 11.2 Å². The van der Waals surface area contributed by atoms with Crippen LogP contribution in [0.2, 0.25) is 0 Å². The largest absolute Gasteiger partial charge is 0.427 e. The van der Waals surface area contributed by atoms with Crippen LogP contribution in [0.5, 0.6) is 0 Å². The van der Waals surface area contributed by atoms with Crippen molar-refractivity contribution in [2.24, 2.45) is 0 Å². The summed E-state index contributed by atoms with van der Waals surface area (Å²) in [5, 5.41) is 13.0. The molecule has 3 heteroatoms. The third-order valence-electron chi connectivity index (χ3n) is 5.94. The Labute approximate surface area is 156 Å². The van der Waals surface area contributed by atoms with Crippen LogP contribution in [-0.2, 0) is 11.1 Å². The highest BCUT2D eigenvalue weighted by Gasteiger charge is 2.36. The highest BCUT2D eigenvalue weighted by Crippen LogP contribution is 2.38. The molecule has 0 radical (unpaired) electrons. The Morgan fingerprint density at radius 3 is 2.27 bits per heavy atom. The average molecular weight is 344 g/mol. The van der Waals surface area contributed by atoms with Crippen molar-refractivity contribution in [3.63, 3.8) is 0 Å². The molecule has 1 aliphatic carbocycles.